The number of benzene rings is 1. The van der Waals surface area contributed by atoms with Crippen molar-refractivity contribution in [3.63, 3.8) is 0 Å². The molecule has 1 saturated heterocycles. The third-order valence-electron chi connectivity index (χ3n) is 3.84. The number of rotatable bonds is 2. The molecule has 0 aliphatic carbocycles. The molecule has 5 nitrogen and oxygen atoms in total. The smallest absolute Gasteiger partial charge is 0.337 e. The van der Waals surface area contributed by atoms with Crippen molar-refractivity contribution in [2.75, 3.05) is 20.2 Å². The highest BCUT2D eigenvalue weighted by Gasteiger charge is 2.20. The average molecular weight is 320 g/mol. The molecule has 1 aromatic rings. The lowest BCUT2D eigenvalue weighted by atomic mass is 10.00. The summed E-state index contributed by atoms with van der Waals surface area (Å²) in [5.41, 5.74) is 0.725. The third kappa shape index (κ3) is 4.04. The Morgan fingerprint density at radius 2 is 1.91 bits per heavy atom. The van der Waals surface area contributed by atoms with E-state index in [0.717, 1.165) is 25.9 Å². The van der Waals surface area contributed by atoms with Gasteiger partial charge in [-0.15, -0.1) is 0 Å². The lowest BCUT2D eigenvalue weighted by molar-refractivity contribution is 0.0600. The van der Waals surface area contributed by atoms with Gasteiger partial charge in [0.25, 0.3) is 5.91 Å². The number of esters is 1. The summed E-state index contributed by atoms with van der Waals surface area (Å²) in [6, 6.07) is 6.39. The van der Waals surface area contributed by atoms with E-state index in [9.17, 15) is 9.59 Å². The number of likely N-dealkylation sites (tertiary alicyclic amines) is 1. The van der Waals surface area contributed by atoms with Crippen LogP contribution in [0.5, 0.6) is 0 Å². The Labute approximate surface area is 135 Å². The van der Waals surface area contributed by atoms with Crippen molar-refractivity contribution in [1.82, 2.24) is 10.2 Å². The van der Waals surface area contributed by atoms with Gasteiger partial charge in [0.15, 0.2) is 5.11 Å². The lowest BCUT2D eigenvalue weighted by Gasteiger charge is -2.32. The molecule has 1 aliphatic heterocycles. The normalized spacial score (nSPS) is 15.3. The van der Waals surface area contributed by atoms with E-state index < -0.39 is 5.97 Å². The van der Waals surface area contributed by atoms with Gasteiger partial charge in [-0.1, -0.05) is 13.0 Å². The van der Waals surface area contributed by atoms with Crippen molar-refractivity contribution >= 4 is 29.2 Å². The van der Waals surface area contributed by atoms with E-state index >= 15 is 0 Å². The molecule has 1 fully saturated rings. The molecule has 1 heterocycles. The van der Waals surface area contributed by atoms with Crippen molar-refractivity contribution in [3.8, 4) is 0 Å². The summed E-state index contributed by atoms with van der Waals surface area (Å²) < 4.78 is 4.65. The lowest BCUT2D eigenvalue weighted by Crippen LogP contribution is -2.46. The highest BCUT2D eigenvalue weighted by atomic mass is 32.1. The number of carbonyl (C=O) groups is 2. The minimum absolute atomic E-state index is 0.311. The molecular formula is C16H20N2O3S. The predicted molar refractivity (Wildman–Crippen MR) is 87.8 cm³/mol. The Hall–Kier alpha value is -1.95. The summed E-state index contributed by atoms with van der Waals surface area (Å²) in [5, 5.41) is 3.18. The minimum atomic E-state index is -0.470. The largest absolute Gasteiger partial charge is 0.465 e. The zero-order chi connectivity index (χ0) is 16.1. The molecule has 1 aliphatic rings. The van der Waals surface area contributed by atoms with E-state index in [1.807, 2.05) is 4.90 Å². The molecule has 0 unspecified atom stereocenters. The fourth-order valence-electron chi connectivity index (χ4n) is 2.37. The average Bonchev–Trinajstić information content (AvgIpc) is 2.54. The first-order chi connectivity index (χ1) is 10.5. The Morgan fingerprint density at radius 1 is 1.27 bits per heavy atom. The maximum absolute atomic E-state index is 12.2. The number of nitrogens with one attached hydrogen (secondary N) is 1. The molecule has 0 atom stereocenters. The predicted octanol–water partition coefficient (Wildman–Crippen LogP) is 2.22. The number of hydrogen-bond donors (Lipinski definition) is 1. The first-order valence-corrected chi connectivity index (χ1v) is 7.70. The second-order valence-corrected chi connectivity index (χ2v) is 5.89. The molecule has 0 bridgehead atoms. The number of ether oxygens (including phenoxy) is 1. The van der Waals surface area contributed by atoms with E-state index in [4.69, 9.17) is 12.2 Å². The van der Waals surface area contributed by atoms with Crippen LogP contribution in [0.2, 0.25) is 0 Å². The van der Waals surface area contributed by atoms with Crippen molar-refractivity contribution in [3.05, 3.63) is 35.4 Å². The van der Waals surface area contributed by atoms with Gasteiger partial charge < -0.3 is 9.64 Å². The topological polar surface area (TPSA) is 58.6 Å². The van der Waals surface area contributed by atoms with Crippen LogP contribution >= 0.6 is 12.2 Å². The molecule has 0 saturated carbocycles. The van der Waals surface area contributed by atoms with Crippen LogP contribution < -0.4 is 5.32 Å². The fraction of sp³-hybridized carbons (Fsp3) is 0.438. The maximum Gasteiger partial charge on any atom is 0.337 e. The molecule has 118 valence electrons. The SMILES string of the molecule is COC(=O)c1cccc(C(=O)NC(=S)N2CCC(C)CC2)c1. The zero-order valence-electron chi connectivity index (χ0n) is 12.8. The summed E-state index contributed by atoms with van der Waals surface area (Å²) in [7, 11) is 1.31. The summed E-state index contributed by atoms with van der Waals surface area (Å²) in [5.74, 6) is -0.0805. The molecule has 1 aromatic carbocycles. The number of piperidine rings is 1. The van der Waals surface area contributed by atoms with Crippen molar-refractivity contribution in [2.45, 2.75) is 19.8 Å². The Morgan fingerprint density at radius 3 is 2.55 bits per heavy atom. The molecule has 22 heavy (non-hydrogen) atoms. The van der Waals surface area contributed by atoms with Crippen molar-refractivity contribution in [1.29, 1.82) is 0 Å². The van der Waals surface area contributed by atoms with Gasteiger partial charge in [0.2, 0.25) is 0 Å². The van der Waals surface area contributed by atoms with Gasteiger partial charge in [-0.05, 0) is 49.2 Å². The summed E-state index contributed by atoms with van der Waals surface area (Å²) in [4.78, 5) is 25.8. The Bertz CT molecular complexity index is 581. The maximum atomic E-state index is 12.2. The van der Waals surface area contributed by atoms with Crippen LogP contribution in [0.3, 0.4) is 0 Å². The molecule has 1 N–H and O–H groups in total. The molecule has 6 heteroatoms. The highest BCUT2D eigenvalue weighted by Crippen LogP contribution is 2.16. The van der Waals surface area contributed by atoms with E-state index in [1.54, 1.807) is 18.2 Å². The molecule has 0 aromatic heterocycles. The zero-order valence-corrected chi connectivity index (χ0v) is 13.6. The van der Waals surface area contributed by atoms with Gasteiger partial charge in [-0.25, -0.2) is 4.79 Å². The highest BCUT2D eigenvalue weighted by molar-refractivity contribution is 7.80. The van der Waals surface area contributed by atoms with Gasteiger partial charge in [-0.3, -0.25) is 10.1 Å². The quantitative estimate of drug-likeness (QED) is 0.669. The third-order valence-corrected chi connectivity index (χ3v) is 4.20. The summed E-state index contributed by atoms with van der Waals surface area (Å²) >= 11 is 5.30. The van der Waals surface area contributed by atoms with Gasteiger partial charge in [-0.2, -0.15) is 0 Å². The number of methoxy groups -OCH3 is 1. The summed E-state index contributed by atoms with van der Waals surface area (Å²) in [6.07, 6.45) is 2.15. The number of nitrogens with zero attached hydrogens (tertiary/aromatic N) is 1. The number of amides is 1. The molecule has 0 radical (unpaired) electrons. The second kappa shape index (κ2) is 7.35. The molecule has 1 amide bonds. The van der Waals surface area contributed by atoms with Gasteiger partial charge >= 0.3 is 5.97 Å². The van der Waals surface area contributed by atoms with Crippen molar-refractivity contribution < 1.29 is 14.3 Å². The van der Waals surface area contributed by atoms with E-state index in [0.29, 0.717) is 22.2 Å². The monoisotopic (exact) mass is 320 g/mol. The van der Waals surface area contributed by atoms with Crippen molar-refractivity contribution in [2.24, 2.45) is 5.92 Å². The van der Waals surface area contributed by atoms with Gasteiger partial charge in [0.1, 0.15) is 0 Å². The fourth-order valence-corrected chi connectivity index (χ4v) is 2.64. The van der Waals surface area contributed by atoms with E-state index in [1.165, 1.54) is 13.2 Å². The summed E-state index contributed by atoms with van der Waals surface area (Å²) in [6.45, 7) is 3.95. The Balaban J connectivity index is 2.00. The van der Waals surface area contributed by atoms with Gasteiger partial charge in [0.05, 0.1) is 12.7 Å². The van der Waals surface area contributed by atoms with Gasteiger partial charge in [0, 0.05) is 18.7 Å². The minimum Gasteiger partial charge on any atom is -0.465 e. The molecule has 2 rings (SSSR count). The first-order valence-electron chi connectivity index (χ1n) is 7.30. The van der Waals surface area contributed by atoms with Crippen LogP contribution in [0, 0.1) is 5.92 Å². The first kappa shape index (κ1) is 16.4. The van der Waals surface area contributed by atoms with Crippen LogP contribution in [0.4, 0.5) is 0 Å². The number of hydrogen-bond acceptors (Lipinski definition) is 4. The van der Waals surface area contributed by atoms with Crippen LogP contribution in [0.15, 0.2) is 24.3 Å². The molecule has 0 spiro atoms. The van der Waals surface area contributed by atoms with E-state index in [2.05, 4.69) is 17.0 Å². The number of carbonyl (C=O) groups excluding carboxylic acids is 2. The van der Waals surface area contributed by atoms with Crippen LogP contribution in [-0.2, 0) is 4.74 Å². The van der Waals surface area contributed by atoms with Crippen LogP contribution in [-0.4, -0.2) is 42.1 Å². The van der Waals surface area contributed by atoms with E-state index in [-0.39, 0.29) is 5.91 Å². The second-order valence-electron chi connectivity index (χ2n) is 5.50. The number of thiocarbonyl (C=S) groups is 1. The van der Waals surface area contributed by atoms with Crippen LogP contribution in [0.25, 0.3) is 0 Å². The Kier molecular flexibility index (Phi) is 5.49. The van der Waals surface area contributed by atoms with Crippen LogP contribution in [0.1, 0.15) is 40.5 Å². The molecular weight excluding hydrogens is 300 g/mol. The standard InChI is InChI=1S/C16H20N2O3S/c1-11-6-8-18(9-7-11)16(22)17-14(19)12-4-3-5-13(10-12)15(20)21-2/h3-5,10-11H,6-9H2,1-2H3,(H,17,19,22).